The Kier molecular flexibility index (Phi) is 5.21. The fourth-order valence-electron chi connectivity index (χ4n) is 3.51. The van der Waals surface area contributed by atoms with E-state index < -0.39 is 15.6 Å². The topological polar surface area (TPSA) is 61.8 Å². The number of hydrogen-bond donors (Lipinski definition) is 0. The second-order valence-electron chi connectivity index (χ2n) is 6.37. The Labute approximate surface area is 149 Å². The first kappa shape index (κ1) is 19.0. The lowest BCUT2D eigenvalue weighted by Crippen LogP contribution is -2.27. The third-order valence-electron chi connectivity index (χ3n) is 4.83. The van der Waals surface area contributed by atoms with Crippen molar-refractivity contribution in [2.24, 2.45) is 11.8 Å². The van der Waals surface area contributed by atoms with Crippen molar-refractivity contribution in [3.63, 3.8) is 0 Å². The number of methoxy groups -OCH3 is 1. The summed E-state index contributed by atoms with van der Waals surface area (Å²) in [6, 6.07) is 7.40. The lowest BCUT2D eigenvalue weighted by molar-refractivity contribution is -0.0528. The molecule has 144 valence electrons. The van der Waals surface area contributed by atoms with E-state index in [-0.39, 0.29) is 23.7 Å². The molecule has 0 heterocycles. The first-order chi connectivity index (χ1) is 12.2. The highest BCUT2D eigenvalue weighted by Crippen LogP contribution is 2.47. The zero-order valence-corrected chi connectivity index (χ0v) is 14.8. The van der Waals surface area contributed by atoms with Crippen LogP contribution < -0.4 is 4.74 Å². The van der Waals surface area contributed by atoms with Crippen LogP contribution in [0.1, 0.15) is 24.8 Å². The monoisotopic (exact) mass is 392 g/mol. The number of allylic oxidation sites excluding steroid dienone is 2. The van der Waals surface area contributed by atoms with Gasteiger partial charge in [0.25, 0.3) is 0 Å². The van der Waals surface area contributed by atoms with Crippen LogP contribution in [0.5, 0.6) is 5.75 Å². The molecule has 1 aromatic rings. The molecule has 9 heteroatoms. The van der Waals surface area contributed by atoms with Gasteiger partial charge in [0.05, 0.1) is 19.8 Å². The lowest BCUT2D eigenvalue weighted by atomic mass is 9.97. The quantitative estimate of drug-likeness (QED) is 0.545. The van der Waals surface area contributed by atoms with E-state index in [1.807, 2.05) is 24.3 Å². The Balaban J connectivity index is 1.57. The molecule has 2 aliphatic rings. The molecule has 0 radical (unpaired) electrons. The van der Waals surface area contributed by atoms with Crippen LogP contribution in [-0.4, -0.2) is 27.1 Å². The molecule has 26 heavy (non-hydrogen) atoms. The third kappa shape index (κ3) is 3.83. The van der Waals surface area contributed by atoms with Crippen LogP contribution in [0.2, 0.25) is 0 Å². The number of benzene rings is 1. The van der Waals surface area contributed by atoms with Crippen molar-refractivity contribution in [1.29, 1.82) is 0 Å². The minimum absolute atomic E-state index is 0.0633. The van der Waals surface area contributed by atoms with E-state index >= 15 is 0 Å². The summed E-state index contributed by atoms with van der Waals surface area (Å²) in [5.41, 5.74) is -4.47. The average molecular weight is 392 g/mol. The molecular formula is C17H19F3O5S. The Bertz CT molecular complexity index is 771. The van der Waals surface area contributed by atoms with E-state index in [1.165, 1.54) is 6.08 Å². The minimum Gasteiger partial charge on any atom is -0.497 e. The molecule has 0 aliphatic heterocycles. The smallest absolute Gasteiger partial charge is 0.497 e. The Morgan fingerprint density at radius 3 is 2.46 bits per heavy atom. The first-order valence-corrected chi connectivity index (χ1v) is 9.57. The summed E-state index contributed by atoms with van der Waals surface area (Å²) in [7, 11) is -4.04. The van der Waals surface area contributed by atoms with Gasteiger partial charge in [0, 0.05) is 5.92 Å². The summed E-state index contributed by atoms with van der Waals surface area (Å²) in [6.07, 6.45) is 2.92. The summed E-state index contributed by atoms with van der Waals surface area (Å²) in [4.78, 5) is 0. The van der Waals surface area contributed by atoms with Gasteiger partial charge < -0.3 is 13.7 Å². The molecule has 1 unspecified atom stereocenters. The van der Waals surface area contributed by atoms with Crippen molar-refractivity contribution in [2.75, 3.05) is 7.11 Å². The van der Waals surface area contributed by atoms with Gasteiger partial charge in [-0.3, -0.25) is 0 Å². The van der Waals surface area contributed by atoms with Crippen LogP contribution in [0.15, 0.2) is 36.1 Å². The van der Waals surface area contributed by atoms with Gasteiger partial charge in [-0.2, -0.15) is 21.6 Å². The van der Waals surface area contributed by atoms with Crippen molar-refractivity contribution in [2.45, 2.75) is 37.5 Å². The molecule has 0 bridgehead atoms. The number of halogens is 3. The molecule has 0 amide bonds. The normalized spacial score (nSPS) is 25.7. The highest BCUT2D eigenvalue weighted by Gasteiger charge is 2.51. The van der Waals surface area contributed by atoms with E-state index in [1.54, 1.807) is 7.11 Å². The van der Waals surface area contributed by atoms with E-state index in [2.05, 4.69) is 4.18 Å². The maximum absolute atomic E-state index is 12.5. The predicted octanol–water partition coefficient (Wildman–Crippen LogP) is 3.76. The largest absolute Gasteiger partial charge is 0.534 e. The first-order valence-electron chi connectivity index (χ1n) is 8.16. The molecule has 1 fully saturated rings. The van der Waals surface area contributed by atoms with Gasteiger partial charge in [-0.1, -0.05) is 12.1 Å². The van der Waals surface area contributed by atoms with Crippen LogP contribution in [0.25, 0.3) is 0 Å². The van der Waals surface area contributed by atoms with Gasteiger partial charge in [0.1, 0.15) is 11.5 Å². The van der Waals surface area contributed by atoms with Gasteiger partial charge in [-0.05, 0) is 49.0 Å². The highest BCUT2D eigenvalue weighted by atomic mass is 32.2. The SMILES string of the molecule is COc1ccc(COC2CC[C@@H]3C(OS(=O)(=O)C(F)(F)F)=CC[C@H]23)cc1. The molecule has 0 spiro atoms. The van der Waals surface area contributed by atoms with E-state index in [9.17, 15) is 21.6 Å². The van der Waals surface area contributed by atoms with Crippen LogP contribution >= 0.6 is 0 Å². The van der Waals surface area contributed by atoms with Crippen LogP contribution in [-0.2, 0) is 25.6 Å². The van der Waals surface area contributed by atoms with Crippen LogP contribution in [0, 0.1) is 11.8 Å². The number of fused-ring (bicyclic) bond motifs is 1. The number of ether oxygens (including phenoxy) is 2. The Hall–Kier alpha value is -1.74. The number of hydrogen-bond acceptors (Lipinski definition) is 5. The second-order valence-corrected chi connectivity index (χ2v) is 7.91. The molecular weight excluding hydrogens is 373 g/mol. The van der Waals surface area contributed by atoms with Crippen molar-refractivity contribution in [1.82, 2.24) is 0 Å². The fraction of sp³-hybridized carbons (Fsp3) is 0.529. The predicted molar refractivity (Wildman–Crippen MR) is 86.5 cm³/mol. The summed E-state index contributed by atoms with van der Waals surface area (Å²) < 4.78 is 75.3. The van der Waals surface area contributed by atoms with Crippen LogP contribution in [0.3, 0.4) is 0 Å². The standard InChI is InChI=1S/C17H19F3O5S/c1-23-12-4-2-11(3-5-12)10-24-15-8-6-14-13(15)7-9-16(14)25-26(21,22)17(18,19)20/h2-5,9,13-15H,6-8,10H2,1H3/t13-,14-,15?/m0/s1. The van der Waals surface area contributed by atoms with E-state index in [0.717, 1.165) is 11.3 Å². The van der Waals surface area contributed by atoms with Gasteiger partial charge in [0.2, 0.25) is 0 Å². The molecule has 5 nitrogen and oxygen atoms in total. The van der Waals surface area contributed by atoms with E-state index in [4.69, 9.17) is 9.47 Å². The lowest BCUT2D eigenvalue weighted by Gasteiger charge is -2.20. The number of rotatable bonds is 6. The number of alkyl halides is 3. The summed E-state index contributed by atoms with van der Waals surface area (Å²) in [5, 5.41) is 0. The maximum atomic E-state index is 12.5. The van der Waals surface area contributed by atoms with Crippen molar-refractivity contribution in [3.8, 4) is 5.75 Å². The molecule has 0 saturated heterocycles. The summed E-state index contributed by atoms with van der Waals surface area (Å²) >= 11 is 0. The third-order valence-corrected chi connectivity index (χ3v) is 5.80. The Morgan fingerprint density at radius 2 is 1.85 bits per heavy atom. The van der Waals surface area contributed by atoms with Crippen molar-refractivity contribution < 1.29 is 35.2 Å². The molecule has 3 rings (SSSR count). The summed E-state index contributed by atoms with van der Waals surface area (Å²) in [5.74, 6) is 0.213. The molecule has 2 aliphatic carbocycles. The highest BCUT2D eigenvalue weighted by molar-refractivity contribution is 7.87. The van der Waals surface area contributed by atoms with Gasteiger partial charge in [0.15, 0.2) is 0 Å². The van der Waals surface area contributed by atoms with Crippen molar-refractivity contribution in [3.05, 3.63) is 41.7 Å². The minimum atomic E-state index is -5.62. The molecule has 1 aromatic carbocycles. The van der Waals surface area contributed by atoms with Gasteiger partial charge in [-0.25, -0.2) is 0 Å². The second kappa shape index (κ2) is 7.11. The fourth-order valence-corrected chi connectivity index (χ4v) is 4.05. The van der Waals surface area contributed by atoms with Gasteiger partial charge >= 0.3 is 15.6 Å². The van der Waals surface area contributed by atoms with Gasteiger partial charge in [-0.15, -0.1) is 0 Å². The average Bonchev–Trinajstić information content (AvgIpc) is 3.15. The maximum Gasteiger partial charge on any atom is 0.534 e. The molecule has 0 aromatic heterocycles. The van der Waals surface area contributed by atoms with Crippen molar-refractivity contribution >= 4 is 10.1 Å². The summed E-state index contributed by atoms with van der Waals surface area (Å²) in [6.45, 7) is 0.370. The molecule has 1 saturated carbocycles. The molecule has 0 N–H and O–H groups in total. The van der Waals surface area contributed by atoms with E-state index in [0.29, 0.717) is 25.9 Å². The zero-order valence-electron chi connectivity index (χ0n) is 14.0. The molecule has 3 atom stereocenters. The Morgan fingerprint density at radius 1 is 1.15 bits per heavy atom. The zero-order chi connectivity index (χ0) is 18.9. The van der Waals surface area contributed by atoms with Crippen LogP contribution in [0.4, 0.5) is 13.2 Å².